The minimum atomic E-state index is -4.11. The van der Waals surface area contributed by atoms with Gasteiger partial charge >= 0.3 is 0 Å². The maximum atomic E-state index is 13.5. The molecule has 0 fully saturated rings. The number of benzene rings is 1. The molecule has 9 heteroatoms. The minimum absolute atomic E-state index is 0.157. The number of sulfonamides is 1. The van der Waals surface area contributed by atoms with Gasteiger partial charge in [0, 0.05) is 19.8 Å². The van der Waals surface area contributed by atoms with Crippen molar-refractivity contribution in [1.29, 1.82) is 0 Å². The van der Waals surface area contributed by atoms with Crippen LogP contribution in [0.5, 0.6) is 0 Å². The monoisotopic (exact) mass is 313 g/mol. The number of nitrogen functional groups attached to an aromatic ring is 1. The van der Waals surface area contributed by atoms with Crippen LogP contribution >= 0.6 is 0 Å². The summed E-state index contributed by atoms with van der Waals surface area (Å²) in [5.74, 6) is -1.07. The summed E-state index contributed by atoms with van der Waals surface area (Å²) < 4.78 is 41.2. The molecule has 5 N–H and O–H groups in total. The highest BCUT2D eigenvalue weighted by Gasteiger charge is 2.23. The number of aromatic nitrogens is 2. The van der Waals surface area contributed by atoms with E-state index in [4.69, 9.17) is 11.5 Å². The van der Waals surface area contributed by atoms with E-state index in [1.807, 2.05) is 6.92 Å². The fourth-order valence-electron chi connectivity index (χ4n) is 1.95. The van der Waals surface area contributed by atoms with Crippen LogP contribution in [-0.2, 0) is 23.6 Å². The van der Waals surface area contributed by atoms with Gasteiger partial charge in [-0.2, -0.15) is 4.39 Å². The number of nitrogens with zero attached hydrogens (tertiary/aromatic N) is 2. The van der Waals surface area contributed by atoms with E-state index in [9.17, 15) is 12.8 Å². The third-order valence-corrected chi connectivity index (χ3v) is 4.42. The molecule has 0 aliphatic carbocycles. The van der Waals surface area contributed by atoms with Gasteiger partial charge in [-0.3, -0.25) is 9.40 Å². The molecule has 21 heavy (non-hydrogen) atoms. The van der Waals surface area contributed by atoms with E-state index >= 15 is 0 Å². The lowest BCUT2D eigenvalue weighted by atomic mass is 10.1. The Morgan fingerprint density at radius 3 is 2.62 bits per heavy atom. The Morgan fingerprint density at radius 1 is 1.43 bits per heavy atom. The third-order valence-electron chi connectivity index (χ3n) is 3.08. The first kappa shape index (κ1) is 15.3. The second-order valence-electron chi connectivity index (χ2n) is 4.59. The van der Waals surface area contributed by atoms with E-state index in [0.717, 1.165) is 16.4 Å². The Bertz CT molecular complexity index is 785. The van der Waals surface area contributed by atoms with Crippen LogP contribution in [0.2, 0.25) is 0 Å². The van der Waals surface area contributed by atoms with Crippen molar-refractivity contribution in [2.75, 3.05) is 10.5 Å². The summed E-state index contributed by atoms with van der Waals surface area (Å²) in [6.07, 6.45) is 1.08. The fraction of sp³-hybridized carbons (Fsp3) is 0.250. The molecule has 0 unspecified atom stereocenters. The van der Waals surface area contributed by atoms with Gasteiger partial charge in [0.05, 0.1) is 11.4 Å². The highest BCUT2D eigenvalue weighted by atomic mass is 32.2. The lowest BCUT2D eigenvalue weighted by molar-refractivity contribution is 0.530. The van der Waals surface area contributed by atoms with Crippen molar-refractivity contribution in [1.82, 2.24) is 9.78 Å². The van der Waals surface area contributed by atoms with Crippen molar-refractivity contribution in [3.8, 4) is 0 Å². The van der Waals surface area contributed by atoms with Crippen molar-refractivity contribution in [2.45, 2.75) is 18.4 Å². The molecule has 0 spiro atoms. The molecule has 0 bridgehead atoms. The largest absolute Gasteiger partial charge is 0.397 e. The van der Waals surface area contributed by atoms with E-state index in [0.29, 0.717) is 5.56 Å². The molecule has 2 aromatic rings. The lowest BCUT2D eigenvalue weighted by Crippen LogP contribution is -2.16. The highest BCUT2D eigenvalue weighted by molar-refractivity contribution is 7.92. The average Bonchev–Trinajstić information content (AvgIpc) is 2.73. The van der Waals surface area contributed by atoms with Crippen molar-refractivity contribution < 1.29 is 12.8 Å². The molecule has 0 saturated carbocycles. The Morgan fingerprint density at radius 2 is 2.10 bits per heavy atom. The van der Waals surface area contributed by atoms with Crippen LogP contribution in [0.4, 0.5) is 15.8 Å². The molecule has 2 rings (SSSR count). The number of aryl methyl sites for hydroxylation is 2. The number of anilines is 2. The summed E-state index contributed by atoms with van der Waals surface area (Å²) >= 11 is 0. The molecule has 0 amide bonds. The summed E-state index contributed by atoms with van der Waals surface area (Å²) in [5.41, 5.74) is 13.4. The predicted octanol–water partition coefficient (Wildman–Crippen LogP) is 0.709. The Kier molecular flexibility index (Phi) is 3.88. The molecule has 114 valence electrons. The quantitative estimate of drug-likeness (QED) is 0.719. The zero-order chi connectivity index (χ0) is 15.8. The SMILES string of the molecule is Cc1ccc(NS(=O)(=O)c2cn(C)nc2F)c(N)c1CN. The molecule has 0 atom stereocenters. The highest BCUT2D eigenvalue weighted by Crippen LogP contribution is 2.28. The molecule has 7 nitrogen and oxygen atoms in total. The Labute approximate surface area is 121 Å². The number of halogens is 1. The van der Waals surface area contributed by atoms with E-state index < -0.39 is 20.9 Å². The Balaban J connectivity index is 2.45. The summed E-state index contributed by atoms with van der Waals surface area (Å²) in [5, 5.41) is 3.37. The summed E-state index contributed by atoms with van der Waals surface area (Å²) in [4.78, 5) is -0.542. The molecular weight excluding hydrogens is 297 g/mol. The number of nitrogens with two attached hydrogens (primary N) is 2. The zero-order valence-electron chi connectivity index (χ0n) is 11.6. The van der Waals surface area contributed by atoms with Gasteiger partial charge in [-0.1, -0.05) is 6.07 Å². The van der Waals surface area contributed by atoms with Gasteiger partial charge in [0.2, 0.25) is 0 Å². The standard InChI is InChI=1S/C12H16FN5O2S/c1-7-3-4-9(11(15)8(7)5-14)17-21(19,20)10-6-18(2)16-12(10)13/h3-4,6,17H,5,14-15H2,1-2H3. The van der Waals surface area contributed by atoms with Crippen molar-refractivity contribution in [2.24, 2.45) is 12.8 Å². The third kappa shape index (κ3) is 2.83. The molecule has 1 aromatic heterocycles. The van der Waals surface area contributed by atoms with Gasteiger partial charge in [0.15, 0.2) is 4.90 Å². The topological polar surface area (TPSA) is 116 Å². The minimum Gasteiger partial charge on any atom is -0.397 e. The lowest BCUT2D eigenvalue weighted by Gasteiger charge is -2.14. The Hall–Kier alpha value is -2.13. The summed E-state index contributed by atoms with van der Waals surface area (Å²) in [6.45, 7) is 1.99. The summed E-state index contributed by atoms with van der Waals surface area (Å²) in [6, 6.07) is 3.20. The van der Waals surface area contributed by atoms with Crippen LogP contribution in [0.3, 0.4) is 0 Å². The van der Waals surface area contributed by atoms with Gasteiger partial charge in [0.25, 0.3) is 16.0 Å². The molecule has 0 aliphatic heterocycles. The van der Waals surface area contributed by atoms with Gasteiger partial charge in [-0.05, 0) is 24.1 Å². The van der Waals surface area contributed by atoms with E-state index in [-0.39, 0.29) is 17.9 Å². The smallest absolute Gasteiger partial charge is 0.268 e. The molecular formula is C12H16FN5O2S. The number of rotatable bonds is 4. The molecule has 1 aromatic carbocycles. The second kappa shape index (κ2) is 5.34. The predicted molar refractivity (Wildman–Crippen MR) is 77.5 cm³/mol. The van der Waals surface area contributed by atoms with Crippen LogP contribution in [0, 0.1) is 12.9 Å². The van der Waals surface area contributed by atoms with Crippen LogP contribution in [0.1, 0.15) is 11.1 Å². The van der Waals surface area contributed by atoms with Crippen molar-refractivity contribution in [3.63, 3.8) is 0 Å². The van der Waals surface area contributed by atoms with Crippen molar-refractivity contribution in [3.05, 3.63) is 35.4 Å². The first-order chi connectivity index (χ1) is 9.76. The van der Waals surface area contributed by atoms with Crippen LogP contribution in [-0.4, -0.2) is 18.2 Å². The number of hydrogen-bond donors (Lipinski definition) is 3. The maximum absolute atomic E-state index is 13.5. The first-order valence-electron chi connectivity index (χ1n) is 6.06. The second-order valence-corrected chi connectivity index (χ2v) is 6.24. The zero-order valence-corrected chi connectivity index (χ0v) is 12.4. The van der Waals surface area contributed by atoms with E-state index in [2.05, 4.69) is 9.82 Å². The van der Waals surface area contributed by atoms with Gasteiger partial charge in [-0.25, -0.2) is 8.42 Å². The van der Waals surface area contributed by atoms with E-state index in [1.54, 1.807) is 6.07 Å². The van der Waals surface area contributed by atoms with Crippen LogP contribution < -0.4 is 16.2 Å². The molecule has 0 saturated heterocycles. The normalized spacial score (nSPS) is 11.6. The number of hydrogen-bond acceptors (Lipinski definition) is 5. The average molecular weight is 313 g/mol. The van der Waals surface area contributed by atoms with Crippen molar-refractivity contribution >= 4 is 21.4 Å². The number of nitrogens with one attached hydrogen (secondary N) is 1. The molecule has 0 aliphatic rings. The summed E-state index contributed by atoms with van der Waals surface area (Å²) in [7, 11) is -2.69. The van der Waals surface area contributed by atoms with Crippen LogP contribution in [0.25, 0.3) is 0 Å². The van der Waals surface area contributed by atoms with Crippen LogP contribution in [0.15, 0.2) is 23.2 Å². The maximum Gasteiger partial charge on any atom is 0.268 e. The van der Waals surface area contributed by atoms with Gasteiger partial charge in [0.1, 0.15) is 0 Å². The van der Waals surface area contributed by atoms with Gasteiger partial charge < -0.3 is 11.5 Å². The van der Waals surface area contributed by atoms with E-state index in [1.165, 1.54) is 13.1 Å². The molecule has 0 radical (unpaired) electrons. The first-order valence-corrected chi connectivity index (χ1v) is 7.54. The fourth-order valence-corrected chi connectivity index (χ4v) is 3.08. The van der Waals surface area contributed by atoms with Gasteiger partial charge in [-0.15, -0.1) is 5.10 Å². The molecule has 1 heterocycles.